The van der Waals surface area contributed by atoms with Crippen molar-refractivity contribution >= 4 is 11.7 Å². The van der Waals surface area contributed by atoms with Crippen LogP contribution in [0.1, 0.15) is 64.5 Å². The number of phenols is 1. The SMILES string of the molecule is C[C@H](Cc1cccc(C(=O)NC2CCCc3c(O)cccc32)c1)NC[C@@H](O)c1ccc(N)nc1. The number of anilines is 1. The number of rotatable bonds is 8. The maximum atomic E-state index is 13.0. The average molecular weight is 461 g/mol. The van der Waals surface area contributed by atoms with Crippen molar-refractivity contribution in [3.8, 4) is 5.75 Å². The molecule has 0 saturated carbocycles. The number of carbonyl (C=O) groups excluding carboxylic acids is 1. The molecule has 0 fully saturated rings. The van der Waals surface area contributed by atoms with Crippen molar-refractivity contribution in [1.82, 2.24) is 15.6 Å². The molecule has 1 unspecified atom stereocenters. The van der Waals surface area contributed by atoms with Gasteiger partial charge in [0.15, 0.2) is 0 Å². The number of carbonyl (C=O) groups is 1. The molecular weight excluding hydrogens is 428 g/mol. The quantitative estimate of drug-likeness (QED) is 0.351. The van der Waals surface area contributed by atoms with Crippen molar-refractivity contribution in [3.05, 3.63) is 88.6 Å². The minimum absolute atomic E-state index is 0.0999. The van der Waals surface area contributed by atoms with E-state index in [1.807, 2.05) is 43.3 Å². The number of aromatic nitrogens is 1. The predicted octanol–water partition coefficient (Wildman–Crippen LogP) is 3.43. The molecule has 1 aliphatic carbocycles. The Balaban J connectivity index is 1.34. The van der Waals surface area contributed by atoms with Crippen molar-refractivity contribution < 1.29 is 15.0 Å². The van der Waals surface area contributed by atoms with Crippen LogP contribution in [0.2, 0.25) is 0 Å². The van der Waals surface area contributed by atoms with Crippen molar-refractivity contribution in [2.75, 3.05) is 12.3 Å². The van der Waals surface area contributed by atoms with Gasteiger partial charge in [-0.25, -0.2) is 4.98 Å². The zero-order valence-corrected chi connectivity index (χ0v) is 19.4. The van der Waals surface area contributed by atoms with Crippen LogP contribution >= 0.6 is 0 Å². The highest BCUT2D eigenvalue weighted by Crippen LogP contribution is 2.34. The summed E-state index contributed by atoms with van der Waals surface area (Å²) in [6.07, 6.45) is 4.24. The Bertz CT molecular complexity index is 1130. The van der Waals surface area contributed by atoms with Crippen LogP contribution in [-0.2, 0) is 12.8 Å². The zero-order valence-electron chi connectivity index (χ0n) is 19.4. The molecule has 178 valence electrons. The molecule has 3 aromatic rings. The molecule has 7 heteroatoms. The van der Waals surface area contributed by atoms with E-state index in [4.69, 9.17) is 5.73 Å². The van der Waals surface area contributed by atoms with Crippen LogP contribution in [0.5, 0.6) is 5.75 Å². The van der Waals surface area contributed by atoms with Gasteiger partial charge in [-0.3, -0.25) is 4.79 Å². The largest absolute Gasteiger partial charge is 0.508 e. The molecule has 4 rings (SSSR count). The van der Waals surface area contributed by atoms with E-state index in [1.54, 1.807) is 24.4 Å². The highest BCUT2D eigenvalue weighted by atomic mass is 16.3. The summed E-state index contributed by atoms with van der Waals surface area (Å²) in [5, 5.41) is 27.0. The number of hydrogen-bond acceptors (Lipinski definition) is 6. The lowest BCUT2D eigenvalue weighted by molar-refractivity contribution is 0.0932. The number of benzene rings is 2. The van der Waals surface area contributed by atoms with Gasteiger partial charge in [0.05, 0.1) is 12.1 Å². The Kier molecular flexibility index (Phi) is 7.45. The van der Waals surface area contributed by atoms with Gasteiger partial charge in [0.1, 0.15) is 11.6 Å². The molecule has 0 saturated heterocycles. The van der Waals surface area contributed by atoms with E-state index >= 15 is 0 Å². The Hall–Kier alpha value is -3.42. The maximum Gasteiger partial charge on any atom is 0.251 e. The topological polar surface area (TPSA) is 120 Å². The lowest BCUT2D eigenvalue weighted by Gasteiger charge is -2.27. The van der Waals surface area contributed by atoms with Crippen LogP contribution in [0.3, 0.4) is 0 Å². The summed E-state index contributed by atoms with van der Waals surface area (Å²) in [5.74, 6) is 0.611. The number of aliphatic hydroxyl groups excluding tert-OH is 1. The van der Waals surface area contributed by atoms with Crippen molar-refractivity contribution in [1.29, 1.82) is 0 Å². The van der Waals surface area contributed by atoms with Gasteiger partial charge in [-0.05, 0) is 73.6 Å². The summed E-state index contributed by atoms with van der Waals surface area (Å²) < 4.78 is 0. The molecule has 34 heavy (non-hydrogen) atoms. The molecule has 0 radical (unpaired) electrons. The number of phenolic OH excluding ortho intramolecular Hbond substituents is 1. The fourth-order valence-electron chi connectivity index (χ4n) is 4.53. The first kappa shape index (κ1) is 23.7. The molecule has 0 aliphatic heterocycles. The number of nitrogens with one attached hydrogen (secondary N) is 2. The average Bonchev–Trinajstić information content (AvgIpc) is 2.84. The van der Waals surface area contributed by atoms with E-state index in [9.17, 15) is 15.0 Å². The normalized spacial score (nSPS) is 16.9. The summed E-state index contributed by atoms with van der Waals surface area (Å²) >= 11 is 0. The van der Waals surface area contributed by atoms with Crippen LogP contribution in [0.15, 0.2) is 60.8 Å². The number of aliphatic hydroxyl groups is 1. The van der Waals surface area contributed by atoms with Gasteiger partial charge in [0.2, 0.25) is 0 Å². The van der Waals surface area contributed by atoms with E-state index in [2.05, 4.69) is 15.6 Å². The van der Waals surface area contributed by atoms with Crippen LogP contribution in [-0.4, -0.2) is 33.7 Å². The second kappa shape index (κ2) is 10.7. The smallest absolute Gasteiger partial charge is 0.251 e. The molecule has 2 aromatic carbocycles. The number of hydrogen-bond donors (Lipinski definition) is 5. The molecule has 1 aliphatic rings. The number of nitrogens with two attached hydrogens (primary N) is 1. The lowest BCUT2D eigenvalue weighted by Crippen LogP contribution is -2.32. The summed E-state index contributed by atoms with van der Waals surface area (Å²) in [5.41, 5.74) is 9.91. The molecular formula is C27H32N4O3. The standard InChI is InChI=1S/C27H32N4O3/c1-17(29-16-25(33)20-11-12-26(28)30-15-20)13-18-5-2-6-19(14-18)27(34)31-23-9-3-8-22-21(23)7-4-10-24(22)32/h2,4-7,10-12,14-15,17,23,25,29,32-33H,3,8-9,13,16H2,1H3,(H2,28,30)(H,31,34)/t17-,23?,25-/m1/s1. The van der Waals surface area contributed by atoms with Crippen LogP contribution < -0.4 is 16.4 Å². The molecule has 0 spiro atoms. The number of amides is 1. The first-order valence-corrected chi connectivity index (χ1v) is 11.7. The Morgan fingerprint density at radius 2 is 2.03 bits per heavy atom. The van der Waals surface area contributed by atoms with Crippen LogP contribution in [0, 0.1) is 0 Å². The van der Waals surface area contributed by atoms with Gasteiger partial charge in [-0.15, -0.1) is 0 Å². The fraction of sp³-hybridized carbons (Fsp3) is 0.333. The van der Waals surface area contributed by atoms with E-state index in [0.29, 0.717) is 35.7 Å². The fourth-order valence-corrected chi connectivity index (χ4v) is 4.53. The number of fused-ring (bicyclic) bond motifs is 1. The molecule has 1 amide bonds. The van der Waals surface area contributed by atoms with E-state index in [-0.39, 0.29) is 18.0 Å². The highest BCUT2D eigenvalue weighted by molar-refractivity contribution is 5.94. The summed E-state index contributed by atoms with van der Waals surface area (Å²) in [4.78, 5) is 17.0. The van der Waals surface area contributed by atoms with Crippen LogP contribution in [0.25, 0.3) is 0 Å². The minimum Gasteiger partial charge on any atom is -0.508 e. The van der Waals surface area contributed by atoms with E-state index < -0.39 is 6.10 Å². The highest BCUT2D eigenvalue weighted by Gasteiger charge is 2.24. The van der Waals surface area contributed by atoms with E-state index in [1.165, 1.54) is 0 Å². The molecule has 0 bridgehead atoms. The van der Waals surface area contributed by atoms with Gasteiger partial charge in [0, 0.05) is 29.9 Å². The molecule has 1 aromatic heterocycles. The molecule has 6 N–H and O–H groups in total. The third kappa shape index (κ3) is 5.73. The van der Waals surface area contributed by atoms with Gasteiger partial charge in [-0.1, -0.05) is 30.3 Å². The number of pyridine rings is 1. The zero-order chi connectivity index (χ0) is 24.1. The summed E-state index contributed by atoms with van der Waals surface area (Å²) in [7, 11) is 0. The molecule has 3 atom stereocenters. The molecule has 1 heterocycles. The van der Waals surface area contributed by atoms with Crippen molar-refractivity contribution in [2.24, 2.45) is 0 Å². The Labute approximate surface area is 200 Å². The predicted molar refractivity (Wildman–Crippen MR) is 132 cm³/mol. The monoisotopic (exact) mass is 460 g/mol. The first-order chi connectivity index (χ1) is 16.4. The lowest BCUT2D eigenvalue weighted by atomic mass is 9.87. The minimum atomic E-state index is -0.675. The first-order valence-electron chi connectivity index (χ1n) is 11.7. The summed E-state index contributed by atoms with van der Waals surface area (Å²) in [6, 6.07) is 16.6. The maximum absolute atomic E-state index is 13.0. The number of aromatic hydroxyl groups is 1. The second-order valence-corrected chi connectivity index (χ2v) is 9.01. The van der Waals surface area contributed by atoms with Crippen LogP contribution in [0.4, 0.5) is 5.82 Å². The Morgan fingerprint density at radius 3 is 2.82 bits per heavy atom. The van der Waals surface area contributed by atoms with E-state index in [0.717, 1.165) is 36.0 Å². The third-order valence-electron chi connectivity index (χ3n) is 6.37. The molecule has 7 nitrogen and oxygen atoms in total. The summed E-state index contributed by atoms with van der Waals surface area (Å²) in [6.45, 7) is 2.44. The van der Waals surface area contributed by atoms with Gasteiger partial charge in [0.25, 0.3) is 5.91 Å². The van der Waals surface area contributed by atoms with Crippen molar-refractivity contribution in [2.45, 2.75) is 50.8 Å². The van der Waals surface area contributed by atoms with Gasteiger partial charge in [-0.2, -0.15) is 0 Å². The van der Waals surface area contributed by atoms with Crippen molar-refractivity contribution in [3.63, 3.8) is 0 Å². The number of nitrogen functional groups attached to an aromatic ring is 1. The van der Waals surface area contributed by atoms with Gasteiger partial charge < -0.3 is 26.6 Å². The third-order valence-corrected chi connectivity index (χ3v) is 6.37. The second-order valence-electron chi connectivity index (χ2n) is 9.01. The van der Waals surface area contributed by atoms with Gasteiger partial charge >= 0.3 is 0 Å². The number of nitrogens with zero attached hydrogens (tertiary/aromatic N) is 1. The Morgan fingerprint density at radius 1 is 1.21 bits per heavy atom.